The molecule has 7 heteroatoms. The lowest BCUT2D eigenvalue weighted by Crippen LogP contribution is -2.23. The molecular weight excluding hydrogens is 318 g/mol. The number of benzene rings is 2. The normalized spacial score (nSPS) is 10.5. The summed E-state index contributed by atoms with van der Waals surface area (Å²) in [4.78, 5) is 22.0. The third-order valence-electron chi connectivity index (χ3n) is 2.98. The Bertz CT molecular complexity index is 758. The topological polar surface area (TPSA) is 84.3 Å². The number of nitrogens with one attached hydrogen (secondary N) is 2. The summed E-state index contributed by atoms with van der Waals surface area (Å²) in [6, 6.07) is 11.0. The largest absolute Gasteiger partial charge is 0.323 e. The molecule has 2 rings (SSSR count). The quantitative estimate of drug-likeness (QED) is 0.645. The summed E-state index contributed by atoms with van der Waals surface area (Å²) in [5.74, 6) is 0. The van der Waals surface area contributed by atoms with E-state index in [1.54, 1.807) is 6.08 Å². The van der Waals surface area contributed by atoms with E-state index >= 15 is 0 Å². The van der Waals surface area contributed by atoms with E-state index in [2.05, 4.69) is 10.6 Å². The maximum Gasteiger partial charge on any atom is 0.323 e. The average molecular weight is 332 g/mol. The minimum Gasteiger partial charge on any atom is -0.314 e. The van der Waals surface area contributed by atoms with Crippen molar-refractivity contribution >= 4 is 35.1 Å². The number of urea groups is 1. The van der Waals surface area contributed by atoms with E-state index in [1.807, 2.05) is 31.2 Å². The number of nitro groups is 1. The molecule has 2 N–H and O–H groups in total. The van der Waals surface area contributed by atoms with Gasteiger partial charge < -0.3 is 10.6 Å². The fourth-order valence-corrected chi connectivity index (χ4v) is 1.94. The highest BCUT2D eigenvalue weighted by molar-refractivity contribution is 6.33. The number of halogens is 1. The third-order valence-corrected chi connectivity index (χ3v) is 3.31. The van der Waals surface area contributed by atoms with Crippen LogP contribution in [0, 0.1) is 17.0 Å². The molecule has 2 amide bonds. The molecule has 2 aromatic rings. The third kappa shape index (κ3) is 4.82. The number of hydrogen-bond donors (Lipinski definition) is 2. The number of aryl methyl sites for hydroxylation is 1. The molecule has 0 saturated carbocycles. The van der Waals surface area contributed by atoms with Crippen LogP contribution in [-0.2, 0) is 0 Å². The van der Waals surface area contributed by atoms with Crippen molar-refractivity contribution < 1.29 is 9.72 Å². The number of anilines is 1. The molecule has 0 atom stereocenters. The van der Waals surface area contributed by atoms with Crippen molar-refractivity contribution in [1.29, 1.82) is 0 Å². The number of nitro benzene ring substituents is 1. The van der Waals surface area contributed by atoms with Crippen molar-refractivity contribution in [1.82, 2.24) is 5.32 Å². The molecule has 0 heterocycles. The minimum atomic E-state index is -0.559. The zero-order chi connectivity index (χ0) is 16.8. The highest BCUT2D eigenvalue weighted by atomic mass is 35.5. The van der Waals surface area contributed by atoms with E-state index in [1.165, 1.54) is 24.4 Å². The number of hydrogen-bond acceptors (Lipinski definition) is 3. The molecule has 0 saturated heterocycles. The highest BCUT2D eigenvalue weighted by Gasteiger charge is 2.11. The van der Waals surface area contributed by atoms with Crippen LogP contribution in [0.1, 0.15) is 11.1 Å². The Balaban J connectivity index is 1.98. The smallest absolute Gasteiger partial charge is 0.314 e. The number of amides is 2. The standard InChI is InChI=1S/C16H14ClN3O3/c1-11-2-4-12(5-3-11)8-9-18-16(21)19-15-10-13(20(22)23)6-7-14(15)17/h2-10H,1H3,(H2,18,19,21)/b9-8+. The van der Waals surface area contributed by atoms with Gasteiger partial charge in [0.05, 0.1) is 15.6 Å². The molecule has 23 heavy (non-hydrogen) atoms. The second-order valence-electron chi connectivity index (χ2n) is 4.76. The molecule has 0 aliphatic carbocycles. The van der Waals surface area contributed by atoms with Crippen molar-refractivity contribution in [3.63, 3.8) is 0 Å². The average Bonchev–Trinajstić information content (AvgIpc) is 2.51. The Morgan fingerprint density at radius 2 is 1.91 bits per heavy atom. The monoisotopic (exact) mass is 331 g/mol. The Kier molecular flexibility index (Phi) is 5.32. The minimum absolute atomic E-state index is 0.153. The molecule has 0 aliphatic rings. The molecular formula is C16H14ClN3O3. The zero-order valence-corrected chi connectivity index (χ0v) is 13.0. The van der Waals surface area contributed by atoms with Crippen molar-refractivity contribution in [2.75, 3.05) is 5.32 Å². The van der Waals surface area contributed by atoms with Gasteiger partial charge in [-0.05, 0) is 24.6 Å². The van der Waals surface area contributed by atoms with Gasteiger partial charge in [-0.25, -0.2) is 4.79 Å². The molecule has 0 unspecified atom stereocenters. The lowest BCUT2D eigenvalue weighted by molar-refractivity contribution is -0.384. The maximum atomic E-state index is 11.8. The molecule has 6 nitrogen and oxygen atoms in total. The zero-order valence-electron chi connectivity index (χ0n) is 12.2. The Morgan fingerprint density at radius 3 is 2.57 bits per heavy atom. The SMILES string of the molecule is Cc1ccc(/C=C/NC(=O)Nc2cc([N+](=O)[O-])ccc2Cl)cc1. The number of carbonyl (C=O) groups is 1. The van der Waals surface area contributed by atoms with E-state index in [0.29, 0.717) is 0 Å². The van der Waals surface area contributed by atoms with E-state index in [-0.39, 0.29) is 16.4 Å². The Hall–Kier alpha value is -2.86. The molecule has 0 aromatic heterocycles. The van der Waals surface area contributed by atoms with Crippen LogP contribution in [0.25, 0.3) is 6.08 Å². The van der Waals surface area contributed by atoms with Crippen molar-refractivity contribution in [3.8, 4) is 0 Å². The lowest BCUT2D eigenvalue weighted by atomic mass is 10.1. The summed E-state index contributed by atoms with van der Waals surface area (Å²) in [5, 5.41) is 15.9. The fourth-order valence-electron chi connectivity index (χ4n) is 1.77. The summed E-state index contributed by atoms with van der Waals surface area (Å²) < 4.78 is 0. The van der Waals surface area contributed by atoms with Crippen LogP contribution in [0.4, 0.5) is 16.2 Å². The van der Waals surface area contributed by atoms with Gasteiger partial charge in [0.2, 0.25) is 0 Å². The summed E-state index contributed by atoms with van der Waals surface area (Å²) >= 11 is 5.91. The first-order valence-electron chi connectivity index (χ1n) is 6.70. The molecule has 0 spiro atoms. The first-order chi connectivity index (χ1) is 11.0. The second kappa shape index (κ2) is 7.42. The number of nitrogens with zero attached hydrogens (tertiary/aromatic N) is 1. The maximum absolute atomic E-state index is 11.8. The van der Waals surface area contributed by atoms with Gasteiger partial charge in [-0.1, -0.05) is 41.4 Å². The van der Waals surface area contributed by atoms with Crippen LogP contribution in [0.5, 0.6) is 0 Å². The lowest BCUT2D eigenvalue weighted by Gasteiger charge is -2.06. The van der Waals surface area contributed by atoms with E-state index in [4.69, 9.17) is 11.6 Å². The van der Waals surface area contributed by atoms with Gasteiger partial charge in [0, 0.05) is 18.3 Å². The molecule has 0 radical (unpaired) electrons. The summed E-state index contributed by atoms with van der Waals surface area (Å²) in [5.41, 5.74) is 2.10. The molecule has 118 valence electrons. The van der Waals surface area contributed by atoms with Gasteiger partial charge >= 0.3 is 6.03 Å². The van der Waals surface area contributed by atoms with Gasteiger partial charge in [-0.2, -0.15) is 0 Å². The van der Waals surface area contributed by atoms with Crippen molar-refractivity contribution in [3.05, 3.63) is 74.9 Å². The first-order valence-corrected chi connectivity index (χ1v) is 7.08. The summed E-state index contributed by atoms with van der Waals surface area (Å²) in [7, 11) is 0. The summed E-state index contributed by atoms with van der Waals surface area (Å²) in [6.45, 7) is 1.99. The van der Waals surface area contributed by atoms with Crippen LogP contribution >= 0.6 is 11.6 Å². The number of rotatable bonds is 4. The van der Waals surface area contributed by atoms with Crippen LogP contribution in [0.3, 0.4) is 0 Å². The van der Waals surface area contributed by atoms with E-state index in [0.717, 1.165) is 11.1 Å². The van der Waals surface area contributed by atoms with E-state index in [9.17, 15) is 14.9 Å². The van der Waals surface area contributed by atoms with Crippen molar-refractivity contribution in [2.24, 2.45) is 0 Å². The first kappa shape index (κ1) is 16.5. The van der Waals surface area contributed by atoms with Crippen molar-refractivity contribution in [2.45, 2.75) is 6.92 Å². The Morgan fingerprint density at radius 1 is 1.22 bits per heavy atom. The van der Waals surface area contributed by atoms with Gasteiger partial charge in [-0.3, -0.25) is 10.1 Å². The van der Waals surface area contributed by atoms with Gasteiger partial charge in [0.15, 0.2) is 0 Å². The Labute approximate surface area is 137 Å². The fraction of sp³-hybridized carbons (Fsp3) is 0.0625. The number of non-ortho nitro benzene ring substituents is 1. The molecule has 0 aliphatic heterocycles. The van der Waals surface area contributed by atoms with Crippen LogP contribution in [0.15, 0.2) is 48.7 Å². The predicted molar refractivity (Wildman–Crippen MR) is 90.5 cm³/mol. The van der Waals surface area contributed by atoms with Gasteiger partial charge in [0.1, 0.15) is 0 Å². The van der Waals surface area contributed by atoms with Gasteiger partial charge in [0.25, 0.3) is 5.69 Å². The highest BCUT2D eigenvalue weighted by Crippen LogP contribution is 2.26. The summed E-state index contributed by atoms with van der Waals surface area (Å²) in [6.07, 6.45) is 3.21. The molecule has 0 fully saturated rings. The second-order valence-corrected chi connectivity index (χ2v) is 5.17. The molecule has 0 bridgehead atoms. The predicted octanol–water partition coefficient (Wildman–Crippen LogP) is 4.35. The van der Waals surface area contributed by atoms with E-state index < -0.39 is 11.0 Å². The van der Waals surface area contributed by atoms with Crippen LogP contribution < -0.4 is 10.6 Å². The van der Waals surface area contributed by atoms with Gasteiger partial charge in [-0.15, -0.1) is 0 Å². The molecule has 2 aromatic carbocycles. The number of carbonyl (C=O) groups excluding carboxylic acids is 1. The van der Waals surface area contributed by atoms with Crippen LogP contribution in [0.2, 0.25) is 5.02 Å². The van der Waals surface area contributed by atoms with Crippen LogP contribution in [-0.4, -0.2) is 11.0 Å².